The molecule has 2 rings (SSSR count). The summed E-state index contributed by atoms with van der Waals surface area (Å²) in [6, 6.07) is -0.117. The van der Waals surface area contributed by atoms with Crippen molar-refractivity contribution >= 4 is 12.0 Å². The first kappa shape index (κ1) is 11.9. The van der Waals surface area contributed by atoms with E-state index >= 15 is 0 Å². The first-order chi connectivity index (χ1) is 8.28. The lowest BCUT2D eigenvalue weighted by atomic mass is 10.1. The highest BCUT2D eigenvalue weighted by molar-refractivity contribution is 5.86. The van der Waals surface area contributed by atoms with E-state index in [4.69, 9.17) is 4.52 Å². The number of hydrogen-bond donors (Lipinski definition) is 2. The maximum atomic E-state index is 11.5. The summed E-state index contributed by atoms with van der Waals surface area (Å²) in [7, 11) is 0. The van der Waals surface area contributed by atoms with Gasteiger partial charge in [0, 0.05) is 13.0 Å². The Morgan fingerprint density at radius 2 is 2.24 bits per heavy atom. The minimum absolute atomic E-state index is 0.158. The molecule has 6 nitrogen and oxygen atoms in total. The zero-order valence-corrected chi connectivity index (χ0v) is 10.0. The molecule has 0 radical (unpaired) electrons. The number of aryl methyl sites for hydroxylation is 1. The molecule has 6 heteroatoms. The number of nitrogens with zero attached hydrogens (tertiary/aromatic N) is 2. The predicted molar refractivity (Wildman–Crippen MR) is 62.7 cm³/mol. The lowest BCUT2D eigenvalue weighted by Gasteiger charge is -2.09. The highest BCUT2D eigenvalue weighted by Crippen LogP contribution is 2.23. The van der Waals surface area contributed by atoms with E-state index in [1.54, 1.807) is 0 Å². The average molecular weight is 238 g/mol. The third-order valence-corrected chi connectivity index (χ3v) is 3.03. The fraction of sp³-hybridized carbons (Fsp3) is 0.727. The first-order valence-electron chi connectivity index (χ1n) is 6.15. The molecule has 2 amide bonds. The van der Waals surface area contributed by atoms with Crippen LogP contribution in [0.1, 0.15) is 38.4 Å². The molecule has 0 aromatic carbocycles. The van der Waals surface area contributed by atoms with Gasteiger partial charge in [0.2, 0.25) is 0 Å². The van der Waals surface area contributed by atoms with Gasteiger partial charge in [-0.15, -0.1) is 0 Å². The van der Waals surface area contributed by atoms with Crippen molar-refractivity contribution in [3.63, 3.8) is 0 Å². The lowest BCUT2D eigenvalue weighted by molar-refractivity contribution is 0.249. The quantitative estimate of drug-likeness (QED) is 0.840. The van der Waals surface area contributed by atoms with Crippen LogP contribution in [0.4, 0.5) is 10.8 Å². The molecule has 1 aromatic rings. The van der Waals surface area contributed by atoms with Gasteiger partial charge in [0.15, 0.2) is 5.82 Å². The van der Waals surface area contributed by atoms with Crippen LogP contribution in [0.3, 0.4) is 0 Å². The zero-order valence-electron chi connectivity index (χ0n) is 10.0. The van der Waals surface area contributed by atoms with Crippen LogP contribution in [0.15, 0.2) is 4.52 Å². The first-order valence-corrected chi connectivity index (χ1v) is 6.15. The van der Waals surface area contributed by atoms with E-state index in [9.17, 15) is 4.79 Å². The predicted octanol–water partition coefficient (Wildman–Crippen LogP) is 1.94. The summed E-state index contributed by atoms with van der Waals surface area (Å²) in [4.78, 5) is 15.5. The van der Waals surface area contributed by atoms with Gasteiger partial charge < -0.3 is 9.84 Å². The Morgan fingerprint density at radius 1 is 1.47 bits per heavy atom. The Balaban J connectivity index is 1.72. The fourth-order valence-electron chi connectivity index (χ4n) is 2.04. The van der Waals surface area contributed by atoms with E-state index in [0.717, 1.165) is 6.54 Å². The third kappa shape index (κ3) is 3.44. The molecule has 0 spiro atoms. The second-order valence-electron chi connectivity index (χ2n) is 4.35. The van der Waals surface area contributed by atoms with E-state index < -0.39 is 0 Å². The molecule has 0 atom stereocenters. The van der Waals surface area contributed by atoms with Gasteiger partial charge in [-0.05, 0) is 18.8 Å². The molecule has 0 saturated heterocycles. The Labute approximate surface area is 100 Å². The van der Waals surface area contributed by atoms with E-state index in [1.165, 1.54) is 25.7 Å². The van der Waals surface area contributed by atoms with Crippen LogP contribution in [-0.2, 0) is 6.42 Å². The topological polar surface area (TPSA) is 80.0 Å². The number of urea groups is 1. The minimum Gasteiger partial charge on any atom is -0.337 e. The molecule has 0 aliphatic heterocycles. The average Bonchev–Trinajstić information content (AvgIpc) is 2.97. The Hall–Kier alpha value is -1.59. The summed E-state index contributed by atoms with van der Waals surface area (Å²) in [5, 5.41) is 9.05. The summed E-state index contributed by atoms with van der Waals surface area (Å²) < 4.78 is 4.86. The van der Waals surface area contributed by atoms with Gasteiger partial charge in [-0.1, -0.05) is 24.9 Å². The van der Waals surface area contributed by atoms with Crippen LogP contribution in [0.5, 0.6) is 0 Å². The maximum absolute atomic E-state index is 11.5. The molecule has 0 bridgehead atoms. The fourth-order valence-corrected chi connectivity index (χ4v) is 2.04. The van der Waals surface area contributed by atoms with Gasteiger partial charge >= 0.3 is 12.0 Å². The van der Waals surface area contributed by atoms with Crippen LogP contribution in [0.25, 0.3) is 0 Å². The van der Waals surface area contributed by atoms with Gasteiger partial charge in [-0.3, -0.25) is 5.32 Å². The molecule has 17 heavy (non-hydrogen) atoms. The van der Waals surface area contributed by atoms with E-state index in [0.29, 0.717) is 18.2 Å². The molecule has 1 aliphatic carbocycles. The summed E-state index contributed by atoms with van der Waals surface area (Å²) in [6.45, 7) is 2.65. The standard InChI is InChI=1S/C11H18N4O2/c1-2-9-13-11(17-15-9)14-10(16)12-7-8-5-3-4-6-8/h8H,2-7H2,1H3,(H2,12,13,14,15,16). The van der Waals surface area contributed by atoms with Crippen molar-refractivity contribution in [1.82, 2.24) is 15.5 Å². The van der Waals surface area contributed by atoms with Crippen LogP contribution in [0, 0.1) is 5.92 Å². The molecule has 0 unspecified atom stereocenters. The second-order valence-corrected chi connectivity index (χ2v) is 4.35. The van der Waals surface area contributed by atoms with Crippen molar-refractivity contribution in [1.29, 1.82) is 0 Å². The van der Waals surface area contributed by atoms with Crippen molar-refractivity contribution in [3.8, 4) is 0 Å². The maximum Gasteiger partial charge on any atom is 0.329 e. The highest BCUT2D eigenvalue weighted by atomic mass is 16.5. The van der Waals surface area contributed by atoms with Crippen LogP contribution in [0.2, 0.25) is 0 Å². The monoisotopic (exact) mass is 238 g/mol. The van der Waals surface area contributed by atoms with Crippen molar-refractivity contribution in [2.75, 3.05) is 11.9 Å². The number of carbonyl (C=O) groups is 1. The van der Waals surface area contributed by atoms with Crippen molar-refractivity contribution in [3.05, 3.63) is 5.82 Å². The lowest BCUT2D eigenvalue weighted by Crippen LogP contribution is -2.32. The molecule has 1 fully saturated rings. The number of anilines is 1. The number of nitrogens with one attached hydrogen (secondary N) is 2. The highest BCUT2D eigenvalue weighted by Gasteiger charge is 2.16. The number of aromatic nitrogens is 2. The van der Waals surface area contributed by atoms with E-state index in [1.807, 2.05) is 6.92 Å². The molecule has 94 valence electrons. The van der Waals surface area contributed by atoms with E-state index in [2.05, 4.69) is 20.8 Å². The zero-order chi connectivity index (χ0) is 12.1. The van der Waals surface area contributed by atoms with Gasteiger partial charge in [0.05, 0.1) is 0 Å². The van der Waals surface area contributed by atoms with Gasteiger partial charge in [-0.2, -0.15) is 4.98 Å². The van der Waals surface area contributed by atoms with Gasteiger partial charge in [0.25, 0.3) is 0 Å². The van der Waals surface area contributed by atoms with Crippen molar-refractivity contribution in [2.45, 2.75) is 39.0 Å². The summed E-state index contributed by atoms with van der Waals surface area (Å²) in [6.07, 6.45) is 5.66. The van der Waals surface area contributed by atoms with Crippen LogP contribution >= 0.6 is 0 Å². The molecule has 1 aromatic heterocycles. The normalized spacial score (nSPS) is 16.1. The number of hydrogen-bond acceptors (Lipinski definition) is 4. The van der Waals surface area contributed by atoms with Crippen LogP contribution in [-0.4, -0.2) is 22.7 Å². The molecule has 2 N–H and O–H groups in total. The van der Waals surface area contributed by atoms with Gasteiger partial charge in [0.1, 0.15) is 0 Å². The number of amides is 2. The molecule has 1 saturated carbocycles. The van der Waals surface area contributed by atoms with Crippen LogP contribution < -0.4 is 10.6 Å². The van der Waals surface area contributed by atoms with E-state index in [-0.39, 0.29) is 12.0 Å². The largest absolute Gasteiger partial charge is 0.337 e. The second kappa shape index (κ2) is 5.65. The summed E-state index contributed by atoms with van der Waals surface area (Å²) in [5.41, 5.74) is 0. The Morgan fingerprint density at radius 3 is 2.88 bits per heavy atom. The van der Waals surface area contributed by atoms with Crippen molar-refractivity contribution in [2.24, 2.45) is 5.92 Å². The minimum atomic E-state index is -0.275. The third-order valence-electron chi connectivity index (χ3n) is 3.03. The molecular formula is C11H18N4O2. The Kier molecular flexibility index (Phi) is 3.95. The van der Waals surface area contributed by atoms with Crippen molar-refractivity contribution < 1.29 is 9.32 Å². The molecular weight excluding hydrogens is 220 g/mol. The van der Waals surface area contributed by atoms with Gasteiger partial charge in [-0.25, -0.2) is 4.79 Å². The molecule has 1 aliphatic rings. The smallest absolute Gasteiger partial charge is 0.329 e. The summed E-state index contributed by atoms with van der Waals surface area (Å²) in [5.74, 6) is 1.21. The number of carbonyl (C=O) groups excluding carboxylic acids is 1. The SMILES string of the molecule is CCc1noc(NC(=O)NCC2CCCC2)n1. The summed E-state index contributed by atoms with van der Waals surface area (Å²) >= 11 is 0. The number of rotatable bonds is 4. The molecule has 1 heterocycles. The Bertz CT molecular complexity index is 371.